The van der Waals surface area contributed by atoms with E-state index < -0.39 is 15.9 Å². The summed E-state index contributed by atoms with van der Waals surface area (Å²) >= 11 is 0. The van der Waals surface area contributed by atoms with Gasteiger partial charge in [0.25, 0.3) is 11.8 Å². The first kappa shape index (κ1) is 20.8. The summed E-state index contributed by atoms with van der Waals surface area (Å²) in [6, 6.07) is 14.6. The molecular weight excluding hydrogens is 418 g/mol. The van der Waals surface area contributed by atoms with Gasteiger partial charge in [-0.25, -0.2) is 8.42 Å². The number of carbonyl (C=O) groups excluding carboxylic acids is 2. The average molecular weight is 439 g/mol. The Morgan fingerprint density at radius 1 is 1.10 bits per heavy atom. The Bertz CT molecular complexity index is 1160. The molecule has 4 rings (SSSR count). The normalized spacial score (nSPS) is 17.2. The minimum absolute atomic E-state index is 0.0579. The summed E-state index contributed by atoms with van der Waals surface area (Å²) < 4.78 is 29.3. The Hall–Kier alpha value is -3.46. The minimum atomic E-state index is -3.16. The summed E-state index contributed by atoms with van der Waals surface area (Å²) in [5.41, 5.74) is 1.20. The van der Waals surface area contributed by atoms with E-state index >= 15 is 0 Å². The highest BCUT2D eigenvalue weighted by atomic mass is 32.2. The molecule has 0 spiro atoms. The molecule has 9 heteroatoms. The maximum atomic E-state index is 13.2. The lowest BCUT2D eigenvalue weighted by Crippen LogP contribution is -2.40. The number of hydrogen-bond donors (Lipinski definition) is 1. The smallest absolute Gasteiger partial charge is 0.274 e. The number of pyridine rings is 1. The van der Waals surface area contributed by atoms with Gasteiger partial charge in [0.15, 0.2) is 9.84 Å². The van der Waals surface area contributed by atoms with Crippen molar-refractivity contribution >= 4 is 27.3 Å². The van der Waals surface area contributed by atoms with Gasteiger partial charge in [-0.05, 0) is 55.0 Å². The molecule has 0 saturated carbocycles. The van der Waals surface area contributed by atoms with Gasteiger partial charge in [-0.3, -0.25) is 14.6 Å². The molecule has 1 fully saturated rings. The van der Waals surface area contributed by atoms with E-state index in [9.17, 15) is 18.0 Å². The van der Waals surface area contributed by atoms with Crippen LogP contribution in [0.15, 0.2) is 71.5 Å². The van der Waals surface area contributed by atoms with Gasteiger partial charge in [-0.1, -0.05) is 6.07 Å². The molecule has 1 N–H and O–H groups in total. The van der Waals surface area contributed by atoms with E-state index in [-0.39, 0.29) is 35.6 Å². The van der Waals surface area contributed by atoms with Crippen LogP contribution in [-0.2, 0) is 16.4 Å². The molecule has 31 heavy (non-hydrogen) atoms. The third-order valence-electron chi connectivity index (χ3n) is 5.10. The van der Waals surface area contributed by atoms with Crippen molar-refractivity contribution in [3.63, 3.8) is 0 Å². The second-order valence-corrected chi connectivity index (χ2v) is 9.54. The van der Waals surface area contributed by atoms with Crippen LogP contribution in [0.3, 0.4) is 0 Å². The molecule has 1 aromatic carbocycles. The third-order valence-corrected chi connectivity index (χ3v) is 6.85. The lowest BCUT2D eigenvalue weighted by atomic mass is 10.1. The van der Waals surface area contributed by atoms with Gasteiger partial charge in [0.05, 0.1) is 24.3 Å². The molecule has 0 bridgehead atoms. The molecule has 2 amide bonds. The predicted octanol–water partition coefficient (Wildman–Crippen LogP) is 2.76. The number of furan rings is 1. The molecule has 0 radical (unpaired) electrons. The molecule has 1 aliphatic heterocycles. The maximum Gasteiger partial charge on any atom is 0.274 e. The minimum Gasteiger partial charge on any atom is -0.467 e. The van der Waals surface area contributed by atoms with Crippen molar-refractivity contribution in [2.45, 2.75) is 19.0 Å². The average Bonchev–Trinajstić information content (AvgIpc) is 3.41. The van der Waals surface area contributed by atoms with E-state index in [0.717, 1.165) is 0 Å². The molecule has 1 aliphatic rings. The van der Waals surface area contributed by atoms with Crippen LogP contribution in [0.2, 0.25) is 0 Å². The number of rotatable bonds is 6. The molecule has 3 aromatic rings. The molecule has 1 saturated heterocycles. The zero-order valence-electron chi connectivity index (χ0n) is 16.6. The van der Waals surface area contributed by atoms with E-state index in [0.29, 0.717) is 23.4 Å². The van der Waals surface area contributed by atoms with E-state index in [1.54, 1.807) is 59.5 Å². The van der Waals surface area contributed by atoms with Gasteiger partial charge in [0.2, 0.25) is 0 Å². The maximum absolute atomic E-state index is 13.2. The van der Waals surface area contributed by atoms with E-state index in [4.69, 9.17) is 4.42 Å². The fourth-order valence-electron chi connectivity index (χ4n) is 3.51. The largest absolute Gasteiger partial charge is 0.467 e. The Balaban J connectivity index is 1.50. The zero-order chi connectivity index (χ0) is 21.8. The first-order chi connectivity index (χ1) is 14.9. The van der Waals surface area contributed by atoms with Gasteiger partial charge in [-0.2, -0.15) is 0 Å². The topological polar surface area (TPSA) is 110 Å². The van der Waals surface area contributed by atoms with Crippen molar-refractivity contribution in [2.75, 3.05) is 16.8 Å². The lowest BCUT2D eigenvalue weighted by molar-refractivity contribution is 0.0666. The first-order valence-corrected chi connectivity index (χ1v) is 11.6. The Morgan fingerprint density at radius 3 is 2.52 bits per heavy atom. The third kappa shape index (κ3) is 5.00. The van der Waals surface area contributed by atoms with E-state index in [2.05, 4.69) is 10.3 Å². The summed E-state index contributed by atoms with van der Waals surface area (Å²) in [6.45, 7) is 0.185. The van der Waals surface area contributed by atoms with Crippen molar-refractivity contribution in [2.24, 2.45) is 0 Å². The van der Waals surface area contributed by atoms with E-state index in [1.165, 1.54) is 12.5 Å². The second-order valence-electron chi connectivity index (χ2n) is 7.32. The van der Waals surface area contributed by atoms with Gasteiger partial charge in [0.1, 0.15) is 11.5 Å². The van der Waals surface area contributed by atoms with Gasteiger partial charge < -0.3 is 14.6 Å². The van der Waals surface area contributed by atoms with Crippen LogP contribution in [0, 0.1) is 0 Å². The molecule has 8 nitrogen and oxygen atoms in total. The van der Waals surface area contributed by atoms with E-state index in [1.807, 2.05) is 0 Å². The fourth-order valence-corrected chi connectivity index (χ4v) is 5.24. The van der Waals surface area contributed by atoms with Crippen molar-refractivity contribution < 1.29 is 22.4 Å². The fraction of sp³-hybridized carbons (Fsp3) is 0.227. The number of hydrogen-bond acceptors (Lipinski definition) is 6. The summed E-state index contributed by atoms with van der Waals surface area (Å²) in [5, 5.41) is 2.74. The molecule has 0 unspecified atom stereocenters. The monoisotopic (exact) mass is 439 g/mol. The number of nitrogens with zero attached hydrogens (tertiary/aromatic N) is 2. The first-order valence-electron chi connectivity index (χ1n) is 9.77. The summed E-state index contributed by atoms with van der Waals surface area (Å²) in [6.07, 6.45) is 3.45. The molecule has 0 aliphatic carbocycles. The van der Waals surface area contributed by atoms with Crippen LogP contribution < -0.4 is 5.32 Å². The number of anilines is 1. The summed E-state index contributed by atoms with van der Waals surface area (Å²) in [4.78, 5) is 31.0. The van der Waals surface area contributed by atoms with Crippen LogP contribution >= 0.6 is 0 Å². The van der Waals surface area contributed by atoms with Gasteiger partial charge >= 0.3 is 0 Å². The second kappa shape index (κ2) is 8.73. The number of nitrogens with one attached hydrogen (secondary N) is 1. The SMILES string of the molecule is O=C(Nc1ccc(C(=O)N(Cc2ccco2)[C@H]2CCS(=O)(=O)C2)cc1)c1ccccn1. The summed E-state index contributed by atoms with van der Waals surface area (Å²) in [5.74, 6) is -0.0521. The van der Waals surface area contributed by atoms with Crippen molar-refractivity contribution in [3.05, 3.63) is 84.1 Å². The number of aromatic nitrogens is 1. The van der Waals surface area contributed by atoms with Crippen LogP contribution in [0.1, 0.15) is 33.0 Å². The summed E-state index contributed by atoms with van der Waals surface area (Å²) in [7, 11) is -3.16. The predicted molar refractivity (Wildman–Crippen MR) is 114 cm³/mol. The molecule has 3 heterocycles. The highest BCUT2D eigenvalue weighted by molar-refractivity contribution is 7.91. The van der Waals surface area contributed by atoms with Crippen molar-refractivity contribution in [1.29, 1.82) is 0 Å². The Labute approximate surface area is 179 Å². The standard InChI is InChI=1S/C22H21N3O5S/c26-21(20-5-1-2-11-23-20)24-17-8-6-16(7-9-17)22(27)25(14-19-4-3-12-30-19)18-10-13-31(28,29)15-18/h1-9,11-12,18H,10,13-15H2,(H,24,26)/t18-/m0/s1. The van der Waals surface area contributed by atoms with Crippen LogP contribution in [0.25, 0.3) is 0 Å². The van der Waals surface area contributed by atoms with Crippen LogP contribution in [0.5, 0.6) is 0 Å². The quantitative estimate of drug-likeness (QED) is 0.633. The number of sulfone groups is 1. The highest BCUT2D eigenvalue weighted by Gasteiger charge is 2.35. The Kier molecular flexibility index (Phi) is 5.85. The number of carbonyl (C=O) groups is 2. The van der Waals surface area contributed by atoms with Gasteiger partial charge in [-0.15, -0.1) is 0 Å². The molecular formula is C22H21N3O5S. The Morgan fingerprint density at radius 2 is 1.90 bits per heavy atom. The molecule has 2 aromatic heterocycles. The van der Waals surface area contributed by atoms with Crippen LogP contribution in [0.4, 0.5) is 5.69 Å². The molecule has 1 atom stereocenters. The van der Waals surface area contributed by atoms with Crippen LogP contribution in [-0.4, -0.2) is 47.7 Å². The lowest BCUT2D eigenvalue weighted by Gasteiger charge is -2.27. The van der Waals surface area contributed by atoms with Crippen molar-refractivity contribution in [1.82, 2.24) is 9.88 Å². The van der Waals surface area contributed by atoms with Crippen molar-refractivity contribution in [3.8, 4) is 0 Å². The zero-order valence-corrected chi connectivity index (χ0v) is 17.4. The number of amides is 2. The number of benzene rings is 1. The highest BCUT2D eigenvalue weighted by Crippen LogP contribution is 2.23. The molecule has 160 valence electrons. The van der Waals surface area contributed by atoms with Gasteiger partial charge in [0, 0.05) is 23.5 Å².